The molecule has 4 nitrogen and oxygen atoms in total. The number of rotatable bonds is 2. The van der Waals surface area contributed by atoms with Crippen LogP contribution in [0, 0.1) is 0 Å². The summed E-state index contributed by atoms with van der Waals surface area (Å²) in [5.74, 6) is 0.157. The minimum absolute atomic E-state index is 0.0327. The molecule has 1 fully saturated rings. The maximum atomic E-state index is 12.7. The molecule has 2 aliphatic rings. The summed E-state index contributed by atoms with van der Waals surface area (Å²) >= 11 is 3.52. The van der Waals surface area contributed by atoms with E-state index in [1.165, 1.54) is 0 Å². The van der Waals surface area contributed by atoms with Crippen LogP contribution in [0.4, 0.5) is 5.69 Å². The second kappa shape index (κ2) is 5.89. The number of amides is 1. The lowest BCUT2D eigenvalue weighted by molar-refractivity contribution is -0.116. The average molecular weight is 351 g/mol. The molecule has 0 bridgehead atoms. The summed E-state index contributed by atoms with van der Waals surface area (Å²) in [6.45, 7) is 3.18. The number of carbonyl (C=O) groups excluding carboxylic acids is 2. The van der Waals surface area contributed by atoms with Crippen molar-refractivity contribution < 1.29 is 9.59 Å². The van der Waals surface area contributed by atoms with E-state index in [-0.39, 0.29) is 17.7 Å². The van der Waals surface area contributed by atoms with Crippen LogP contribution < -0.4 is 10.2 Å². The summed E-state index contributed by atoms with van der Waals surface area (Å²) in [5.41, 5.74) is 2.70. The molecule has 0 radical (unpaired) electrons. The van der Waals surface area contributed by atoms with E-state index >= 15 is 0 Å². The summed E-state index contributed by atoms with van der Waals surface area (Å²) in [7, 11) is 0. The van der Waals surface area contributed by atoms with Gasteiger partial charge in [-0.3, -0.25) is 9.59 Å². The Bertz CT molecular complexity index is 594. The highest BCUT2D eigenvalue weighted by Crippen LogP contribution is 2.34. The molecule has 2 heterocycles. The number of Topliss-reactive ketones (excluding diaryl/α,β-unsaturated/α-hetero) is 1. The lowest BCUT2D eigenvalue weighted by atomic mass is 9.95. The van der Waals surface area contributed by atoms with Gasteiger partial charge in [-0.05, 0) is 43.5 Å². The summed E-state index contributed by atoms with van der Waals surface area (Å²) in [4.78, 5) is 26.2. The van der Waals surface area contributed by atoms with Crippen LogP contribution in [0.3, 0.4) is 0 Å². The molecule has 1 saturated heterocycles. The molecular formula is C16H19BrN2O2. The number of nitrogens with zero attached hydrogens (tertiary/aromatic N) is 1. The van der Waals surface area contributed by atoms with Gasteiger partial charge in [-0.25, -0.2) is 0 Å². The van der Waals surface area contributed by atoms with Crippen molar-refractivity contribution in [2.45, 2.75) is 38.6 Å². The highest BCUT2D eigenvalue weighted by atomic mass is 79.9. The zero-order valence-electron chi connectivity index (χ0n) is 12.1. The Morgan fingerprint density at radius 2 is 2.14 bits per heavy atom. The van der Waals surface area contributed by atoms with E-state index < -0.39 is 0 Å². The largest absolute Gasteiger partial charge is 0.312 e. The smallest absolute Gasteiger partial charge is 0.223 e. The summed E-state index contributed by atoms with van der Waals surface area (Å²) in [5, 5.41) is 3.30. The molecule has 1 aromatic carbocycles. The summed E-state index contributed by atoms with van der Waals surface area (Å²) in [6, 6.07) is 3.78. The third-order valence-corrected chi connectivity index (χ3v) is 4.99. The van der Waals surface area contributed by atoms with Crippen molar-refractivity contribution >= 4 is 33.3 Å². The maximum Gasteiger partial charge on any atom is 0.223 e. The molecule has 21 heavy (non-hydrogen) atoms. The van der Waals surface area contributed by atoms with Gasteiger partial charge >= 0.3 is 0 Å². The number of halogens is 1. The zero-order chi connectivity index (χ0) is 15.0. The first-order valence-electron chi connectivity index (χ1n) is 7.46. The van der Waals surface area contributed by atoms with Gasteiger partial charge in [-0.15, -0.1) is 0 Å². The molecular weight excluding hydrogens is 332 g/mol. The molecule has 5 heteroatoms. The van der Waals surface area contributed by atoms with Gasteiger partial charge < -0.3 is 10.2 Å². The predicted octanol–water partition coefficient (Wildman–Crippen LogP) is 2.68. The van der Waals surface area contributed by atoms with Gasteiger partial charge in [0.25, 0.3) is 0 Å². The van der Waals surface area contributed by atoms with Crippen molar-refractivity contribution in [3.8, 4) is 0 Å². The SMILES string of the molecule is CC(=O)N1CCc2cc(Br)c(C(=O)C3CCCCN3)cc21. The van der Waals surface area contributed by atoms with Gasteiger partial charge in [0.15, 0.2) is 5.78 Å². The summed E-state index contributed by atoms with van der Waals surface area (Å²) in [6.07, 6.45) is 3.96. The molecule has 0 spiro atoms. The van der Waals surface area contributed by atoms with Gasteiger partial charge in [0.2, 0.25) is 5.91 Å². The molecule has 1 atom stereocenters. The van der Waals surface area contributed by atoms with Crippen molar-refractivity contribution in [3.63, 3.8) is 0 Å². The van der Waals surface area contributed by atoms with Gasteiger partial charge in [-0.2, -0.15) is 0 Å². The Balaban J connectivity index is 1.94. The van der Waals surface area contributed by atoms with E-state index in [1.807, 2.05) is 12.1 Å². The Hall–Kier alpha value is -1.20. The topological polar surface area (TPSA) is 49.4 Å². The van der Waals surface area contributed by atoms with Gasteiger partial charge in [-0.1, -0.05) is 22.4 Å². The molecule has 112 valence electrons. The van der Waals surface area contributed by atoms with E-state index in [4.69, 9.17) is 0 Å². The quantitative estimate of drug-likeness (QED) is 0.834. The number of ketones is 1. The molecule has 3 rings (SSSR count). The average Bonchev–Trinajstić information content (AvgIpc) is 2.89. The van der Waals surface area contributed by atoms with Crippen molar-refractivity contribution in [3.05, 3.63) is 27.7 Å². The number of piperidine rings is 1. The van der Waals surface area contributed by atoms with Crippen molar-refractivity contribution in [2.75, 3.05) is 18.0 Å². The van der Waals surface area contributed by atoms with E-state index in [2.05, 4.69) is 21.2 Å². The normalized spacial score (nSPS) is 21.2. The first-order chi connectivity index (χ1) is 10.1. The first kappa shape index (κ1) is 14.7. The lowest BCUT2D eigenvalue weighted by Crippen LogP contribution is -2.40. The first-order valence-corrected chi connectivity index (χ1v) is 8.25. The molecule has 1 aromatic rings. The van der Waals surface area contributed by atoms with Gasteiger partial charge in [0.05, 0.1) is 6.04 Å². The number of nitrogens with one attached hydrogen (secondary N) is 1. The highest BCUT2D eigenvalue weighted by molar-refractivity contribution is 9.10. The number of anilines is 1. The molecule has 0 aliphatic carbocycles. The van der Waals surface area contributed by atoms with Crippen LogP contribution in [0.15, 0.2) is 16.6 Å². The van der Waals surface area contributed by atoms with E-state index in [0.717, 1.165) is 48.0 Å². The van der Waals surface area contributed by atoms with Crippen LogP contribution in [0.5, 0.6) is 0 Å². The van der Waals surface area contributed by atoms with Crippen molar-refractivity contribution in [2.24, 2.45) is 0 Å². The minimum Gasteiger partial charge on any atom is -0.312 e. The molecule has 1 N–H and O–H groups in total. The lowest BCUT2D eigenvalue weighted by Gasteiger charge is -2.23. The molecule has 0 aromatic heterocycles. The van der Waals surface area contributed by atoms with Crippen LogP contribution in [0.2, 0.25) is 0 Å². The highest BCUT2D eigenvalue weighted by Gasteiger charge is 2.28. The molecule has 2 aliphatic heterocycles. The summed E-state index contributed by atoms with van der Waals surface area (Å²) < 4.78 is 0.837. The number of carbonyl (C=O) groups is 2. The van der Waals surface area contributed by atoms with Crippen molar-refractivity contribution in [1.29, 1.82) is 0 Å². The number of fused-ring (bicyclic) bond motifs is 1. The van der Waals surface area contributed by atoms with Crippen LogP contribution in [0.1, 0.15) is 42.1 Å². The molecule has 1 unspecified atom stereocenters. The van der Waals surface area contributed by atoms with Crippen LogP contribution >= 0.6 is 15.9 Å². The van der Waals surface area contributed by atoms with Crippen molar-refractivity contribution in [1.82, 2.24) is 5.32 Å². The standard InChI is InChI=1S/C16H19BrN2O2/c1-10(20)19-7-5-11-8-13(17)12(9-15(11)19)16(21)14-4-2-3-6-18-14/h8-9,14,18H,2-7H2,1H3. The maximum absolute atomic E-state index is 12.7. The Morgan fingerprint density at radius 1 is 1.33 bits per heavy atom. The van der Waals surface area contributed by atoms with Gasteiger partial charge in [0.1, 0.15) is 0 Å². The predicted molar refractivity (Wildman–Crippen MR) is 85.8 cm³/mol. The zero-order valence-corrected chi connectivity index (χ0v) is 13.7. The third-order valence-electron chi connectivity index (χ3n) is 4.34. The fraction of sp³-hybridized carbons (Fsp3) is 0.500. The minimum atomic E-state index is -0.0970. The Labute approximate surface area is 133 Å². The fourth-order valence-electron chi connectivity index (χ4n) is 3.19. The van der Waals surface area contributed by atoms with Crippen LogP contribution in [-0.2, 0) is 11.2 Å². The van der Waals surface area contributed by atoms with Crippen LogP contribution in [0.25, 0.3) is 0 Å². The number of hydrogen-bond donors (Lipinski definition) is 1. The fourth-order valence-corrected chi connectivity index (χ4v) is 3.77. The number of benzene rings is 1. The Morgan fingerprint density at radius 3 is 2.81 bits per heavy atom. The van der Waals surface area contributed by atoms with E-state index in [0.29, 0.717) is 12.1 Å². The van der Waals surface area contributed by atoms with E-state index in [9.17, 15) is 9.59 Å². The van der Waals surface area contributed by atoms with Crippen LogP contribution in [-0.4, -0.2) is 30.8 Å². The van der Waals surface area contributed by atoms with E-state index in [1.54, 1.807) is 11.8 Å². The molecule has 0 saturated carbocycles. The monoisotopic (exact) mass is 350 g/mol. The third kappa shape index (κ3) is 2.77. The second-order valence-corrected chi connectivity index (χ2v) is 6.60. The molecule has 1 amide bonds. The van der Waals surface area contributed by atoms with Gasteiger partial charge in [0, 0.05) is 29.2 Å². The second-order valence-electron chi connectivity index (χ2n) is 5.75. The Kier molecular flexibility index (Phi) is 4.13. The number of hydrogen-bond acceptors (Lipinski definition) is 3.